The molecular formula is C13H23N5O2. The molecule has 2 heterocycles. The van der Waals surface area contributed by atoms with Crippen molar-refractivity contribution in [2.45, 2.75) is 45.7 Å². The van der Waals surface area contributed by atoms with E-state index in [0.717, 1.165) is 25.9 Å². The van der Waals surface area contributed by atoms with Crippen molar-refractivity contribution in [2.75, 3.05) is 18.0 Å². The maximum absolute atomic E-state index is 11.4. The molecule has 0 radical (unpaired) electrons. The van der Waals surface area contributed by atoms with Crippen LogP contribution in [0.5, 0.6) is 0 Å². The molecule has 1 N–H and O–H groups in total. The minimum Gasteiger partial charge on any atom is -0.345 e. The van der Waals surface area contributed by atoms with E-state index in [2.05, 4.69) is 29.2 Å². The van der Waals surface area contributed by atoms with Crippen molar-refractivity contribution < 1.29 is 4.92 Å². The predicted octanol–water partition coefficient (Wildman–Crippen LogP) is 1.60. The van der Waals surface area contributed by atoms with Gasteiger partial charge in [-0.2, -0.15) is 5.10 Å². The largest absolute Gasteiger partial charge is 0.345 e. The van der Waals surface area contributed by atoms with Crippen LogP contribution in [-0.4, -0.2) is 39.9 Å². The fourth-order valence-corrected chi connectivity index (χ4v) is 2.93. The number of nitrogens with one attached hydrogen (secondary N) is 1. The number of nitro groups is 1. The Morgan fingerprint density at radius 2 is 2.15 bits per heavy atom. The van der Waals surface area contributed by atoms with Gasteiger partial charge in [0.25, 0.3) is 0 Å². The summed E-state index contributed by atoms with van der Waals surface area (Å²) in [5.41, 5.74) is 0.622. The summed E-state index contributed by atoms with van der Waals surface area (Å²) in [6, 6.07) is 0.638. The molecule has 2 atom stereocenters. The van der Waals surface area contributed by atoms with Crippen molar-refractivity contribution in [2.24, 2.45) is 7.05 Å². The quantitative estimate of drug-likeness (QED) is 0.670. The summed E-state index contributed by atoms with van der Waals surface area (Å²) in [6.07, 6.45) is 1.96. The molecule has 112 valence electrons. The number of aryl methyl sites for hydroxylation is 2. The van der Waals surface area contributed by atoms with Crippen LogP contribution in [0.1, 0.15) is 32.4 Å². The molecule has 7 nitrogen and oxygen atoms in total. The summed E-state index contributed by atoms with van der Waals surface area (Å²) in [5.74, 6) is 0.638. The monoisotopic (exact) mass is 281 g/mol. The number of hydrogen-bond acceptors (Lipinski definition) is 5. The van der Waals surface area contributed by atoms with E-state index in [-0.39, 0.29) is 16.7 Å². The Hall–Kier alpha value is -1.63. The van der Waals surface area contributed by atoms with Crippen molar-refractivity contribution in [3.8, 4) is 0 Å². The highest BCUT2D eigenvalue weighted by atomic mass is 16.6. The van der Waals surface area contributed by atoms with Crippen LogP contribution in [0.25, 0.3) is 0 Å². The summed E-state index contributed by atoms with van der Waals surface area (Å²) >= 11 is 0. The van der Waals surface area contributed by atoms with Gasteiger partial charge in [-0.15, -0.1) is 0 Å². The molecule has 1 aromatic heterocycles. The van der Waals surface area contributed by atoms with Gasteiger partial charge in [-0.3, -0.25) is 10.1 Å². The third-order valence-corrected chi connectivity index (χ3v) is 4.08. The van der Waals surface area contributed by atoms with Crippen LogP contribution >= 0.6 is 0 Å². The lowest BCUT2D eigenvalue weighted by atomic mass is 10.0. The van der Waals surface area contributed by atoms with Crippen LogP contribution in [0.2, 0.25) is 0 Å². The molecule has 1 saturated heterocycles. The summed E-state index contributed by atoms with van der Waals surface area (Å²) in [6.45, 7) is 7.58. The average molecular weight is 281 g/mol. The highest BCUT2D eigenvalue weighted by Crippen LogP contribution is 2.33. The maximum Gasteiger partial charge on any atom is 0.333 e. The summed E-state index contributed by atoms with van der Waals surface area (Å²) in [4.78, 5) is 13.2. The van der Waals surface area contributed by atoms with E-state index in [1.165, 1.54) is 0 Å². The van der Waals surface area contributed by atoms with Crippen LogP contribution in [0.4, 0.5) is 11.5 Å². The molecular weight excluding hydrogens is 258 g/mol. The third kappa shape index (κ3) is 2.49. The van der Waals surface area contributed by atoms with Crippen LogP contribution < -0.4 is 10.2 Å². The number of aromatic nitrogens is 2. The molecule has 0 amide bonds. The van der Waals surface area contributed by atoms with E-state index in [1.54, 1.807) is 18.7 Å². The molecule has 1 aromatic rings. The molecule has 0 aromatic carbocycles. The first-order chi connectivity index (χ1) is 9.49. The van der Waals surface area contributed by atoms with Gasteiger partial charge in [0, 0.05) is 32.2 Å². The smallest absolute Gasteiger partial charge is 0.333 e. The zero-order valence-electron chi connectivity index (χ0n) is 12.6. The van der Waals surface area contributed by atoms with Crippen LogP contribution in [-0.2, 0) is 7.05 Å². The molecule has 0 spiro atoms. The maximum atomic E-state index is 11.4. The molecule has 0 bridgehead atoms. The van der Waals surface area contributed by atoms with Gasteiger partial charge < -0.3 is 10.2 Å². The Kier molecular flexibility index (Phi) is 4.27. The number of anilines is 1. The summed E-state index contributed by atoms with van der Waals surface area (Å²) in [7, 11) is 1.78. The first-order valence-corrected chi connectivity index (χ1v) is 7.17. The van der Waals surface area contributed by atoms with Gasteiger partial charge in [-0.05, 0) is 19.8 Å². The van der Waals surface area contributed by atoms with Gasteiger partial charge >= 0.3 is 5.69 Å². The number of nitrogens with zero attached hydrogens (tertiary/aromatic N) is 4. The SMILES string of the molecule is CCC1CN(c2c([N+](=O)[O-])c(C)nn2C)C(CC)CN1. The minimum atomic E-state index is -0.312. The Morgan fingerprint density at radius 3 is 2.70 bits per heavy atom. The normalized spacial score (nSPS) is 23.1. The highest BCUT2D eigenvalue weighted by molar-refractivity contribution is 5.62. The zero-order chi connectivity index (χ0) is 14.9. The van der Waals surface area contributed by atoms with Crippen LogP contribution in [0.3, 0.4) is 0 Å². The van der Waals surface area contributed by atoms with Gasteiger partial charge in [0.2, 0.25) is 5.82 Å². The Labute approximate surface area is 119 Å². The minimum absolute atomic E-state index is 0.141. The van der Waals surface area contributed by atoms with Gasteiger partial charge in [0.15, 0.2) is 0 Å². The Bertz CT molecular complexity index is 499. The van der Waals surface area contributed by atoms with E-state index in [9.17, 15) is 10.1 Å². The van der Waals surface area contributed by atoms with E-state index in [0.29, 0.717) is 17.6 Å². The topological polar surface area (TPSA) is 76.2 Å². The van der Waals surface area contributed by atoms with Gasteiger partial charge in [0.1, 0.15) is 5.69 Å². The number of piperazine rings is 1. The van der Waals surface area contributed by atoms with E-state index in [4.69, 9.17) is 0 Å². The van der Waals surface area contributed by atoms with Crippen molar-refractivity contribution in [3.63, 3.8) is 0 Å². The molecule has 1 fully saturated rings. The molecule has 2 rings (SSSR count). The molecule has 20 heavy (non-hydrogen) atoms. The predicted molar refractivity (Wildman–Crippen MR) is 78.1 cm³/mol. The van der Waals surface area contributed by atoms with Gasteiger partial charge in [-0.1, -0.05) is 13.8 Å². The molecule has 1 aliphatic heterocycles. The first kappa shape index (κ1) is 14.8. The van der Waals surface area contributed by atoms with Crippen molar-refractivity contribution >= 4 is 11.5 Å². The molecule has 0 saturated carbocycles. The lowest BCUT2D eigenvalue weighted by molar-refractivity contribution is -0.384. The van der Waals surface area contributed by atoms with E-state index < -0.39 is 0 Å². The zero-order valence-corrected chi connectivity index (χ0v) is 12.6. The van der Waals surface area contributed by atoms with Crippen molar-refractivity contribution in [1.82, 2.24) is 15.1 Å². The molecule has 1 aliphatic rings. The first-order valence-electron chi connectivity index (χ1n) is 7.17. The highest BCUT2D eigenvalue weighted by Gasteiger charge is 2.35. The molecule has 7 heteroatoms. The standard InChI is InChI=1S/C13H23N5O2/c1-5-10-8-17(11(6-2)7-14-10)13-12(18(19)20)9(3)15-16(13)4/h10-11,14H,5-8H2,1-4H3. The van der Waals surface area contributed by atoms with Gasteiger partial charge in [-0.25, -0.2) is 4.68 Å². The fraction of sp³-hybridized carbons (Fsp3) is 0.769. The summed E-state index contributed by atoms with van der Waals surface area (Å²) in [5, 5.41) is 19.1. The summed E-state index contributed by atoms with van der Waals surface area (Å²) < 4.78 is 1.65. The molecule has 2 unspecified atom stereocenters. The molecule has 0 aliphatic carbocycles. The number of rotatable bonds is 4. The van der Waals surface area contributed by atoms with Gasteiger partial charge in [0.05, 0.1) is 4.92 Å². The lowest BCUT2D eigenvalue weighted by Crippen LogP contribution is -2.56. The van der Waals surface area contributed by atoms with E-state index in [1.807, 2.05) is 0 Å². The second-order valence-corrected chi connectivity index (χ2v) is 5.37. The third-order valence-electron chi connectivity index (χ3n) is 4.08. The average Bonchev–Trinajstić information content (AvgIpc) is 2.72. The van der Waals surface area contributed by atoms with E-state index >= 15 is 0 Å². The van der Waals surface area contributed by atoms with Crippen LogP contribution in [0.15, 0.2) is 0 Å². The van der Waals surface area contributed by atoms with Crippen molar-refractivity contribution in [3.05, 3.63) is 15.8 Å². The second-order valence-electron chi connectivity index (χ2n) is 5.37. The fourth-order valence-electron chi connectivity index (χ4n) is 2.93. The van der Waals surface area contributed by atoms with Crippen LogP contribution in [0, 0.1) is 17.0 Å². The Balaban J connectivity index is 2.44. The van der Waals surface area contributed by atoms with Crippen molar-refractivity contribution in [1.29, 1.82) is 0 Å². The lowest BCUT2D eigenvalue weighted by Gasteiger charge is -2.40. The second kappa shape index (κ2) is 5.78. The Morgan fingerprint density at radius 1 is 1.45 bits per heavy atom. The number of hydrogen-bond donors (Lipinski definition) is 1.